The minimum Gasteiger partial charge on any atom is -0.497 e. The Bertz CT molecular complexity index is 818. The highest BCUT2D eigenvalue weighted by Gasteiger charge is 2.06. The Morgan fingerprint density at radius 2 is 1.88 bits per heavy atom. The lowest BCUT2D eigenvalue weighted by Crippen LogP contribution is -2.12. The summed E-state index contributed by atoms with van der Waals surface area (Å²) in [5.74, 6) is 0.852. The van der Waals surface area contributed by atoms with Crippen LogP contribution in [-0.4, -0.2) is 12.1 Å². The third-order valence-corrected chi connectivity index (χ3v) is 5.17. The average Bonchev–Trinajstić information content (AvgIpc) is 3.06. The second-order valence-corrected chi connectivity index (χ2v) is 7.14. The van der Waals surface area contributed by atoms with Crippen molar-refractivity contribution >= 4 is 34.5 Å². The van der Waals surface area contributed by atoms with Gasteiger partial charge in [0.15, 0.2) is 0 Å². The van der Waals surface area contributed by atoms with Crippen LogP contribution in [-0.2, 0) is 13.1 Å². The van der Waals surface area contributed by atoms with Crippen molar-refractivity contribution < 1.29 is 4.74 Å². The first-order chi connectivity index (χ1) is 11.7. The molecule has 124 valence electrons. The number of nitrogens with zero attached hydrogens (tertiary/aromatic N) is 1. The van der Waals surface area contributed by atoms with Crippen LogP contribution in [0.1, 0.15) is 10.6 Å². The summed E-state index contributed by atoms with van der Waals surface area (Å²) >= 11 is 13.8. The predicted octanol–water partition coefficient (Wildman–Crippen LogP) is 5.42. The molecule has 0 aliphatic carbocycles. The standard InChI is InChI=1S/C18H16Cl2N2OS/c1-23-15-6-3-12(4-7-15)17-10-22-18(24-17)11-21-9-13-2-5-14(19)8-16(13)20/h2-8,10,21H,9,11H2,1H3. The molecule has 2 aromatic carbocycles. The molecule has 3 rings (SSSR count). The van der Waals surface area contributed by atoms with Crippen molar-refractivity contribution in [3.63, 3.8) is 0 Å². The van der Waals surface area contributed by atoms with Gasteiger partial charge in [0.2, 0.25) is 0 Å². The van der Waals surface area contributed by atoms with Crippen molar-refractivity contribution in [2.45, 2.75) is 13.1 Å². The number of ether oxygens (including phenoxy) is 1. The van der Waals surface area contributed by atoms with Crippen LogP contribution in [0.2, 0.25) is 10.0 Å². The maximum absolute atomic E-state index is 6.17. The van der Waals surface area contributed by atoms with Crippen molar-refractivity contribution in [2.75, 3.05) is 7.11 Å². The zero-order valence-electron chi connectivity index (χ0n) is 13.1. The fourth-order valence-electron chi connectivity index (χ4n) is 2.25. The highest BCUT2D eigenvalue weighted by molar-refractivity contribution is 7.15. The van der Waals surface area contributed by atoms with E-state index >= 15 is 0 Å². The summed E-state index contributed by atoms with van der Waals surface area (Å²) in [5, 5.41) is 5.72. The summed E-state index contributed by atoms with van der Waals surface area (Å²) in [5.41, 5.74) is 2.16. The zero-order valence-corrected chi connectivity index (χ0v) is 15.4. The van der Waals surface area contributed by atoms with Gasteiger partial charge in [-0.3, -0.25) is 0 Å². The predicted molar refractivity (Wildman–Crippen MR) is 101 cm³/mol. The number of nitrogens with one attached hydrogen (secondary N) is 1. The number of methoxy groups -OCH3 is 1. The Morgan fingerprint density at radius 3 is 2.58 bits per heavy atom. The van der Waals surface area contributed by atoms with Crippen LogP contribution < -0.4 is 10.1 Å². The first kappa shape index (κ1) is 17.2. The zero-order chi connectivity index (χ0) is 16.9. The minimum absolute atomic E-state index is 0.646. The van der Waals surface area contributed by atoms with Crippen molar-refractivity contribution in [1.29, 1.82) is 0 Å². The topological polar surface area (TPSA) is 34.1 Å². The van der Waals surface area contributed by atoms with Crippen LogP contribution in [0.3, 0.4) is 0 Å². The Kier molecular flexibility index (Phi) is 5.74. The molecule has 1 aromatic heterocycles. The molecule has 0 unspecified atom stereocenters. The molecule has 0 saturated carbocycles. The van der Waals surface area contributed by atoms with E-state index in [2.05, 4.69) is 10.3 Å². The smallest absolute Gasteiger partial charge is 0.118 e. The van der Waals surface area contributed by atoms with Gasteiger partial charge in [-0.15, -0.1) is 11.3 Å². The lowest BCUT2D eigenvalue weighted by molar-refractivity contribution is 0.415. The molecule has 0 amide bonds. The molecular weight excluding hydrogens is 363 g/mol. The van der Waals surface area contributed by atoms with Crippen molar-refractivity contribution in [2.24, 2.45) is 0 Å². The highest BCUT2D eigenvalue weighted by atomic mass is 35.5. The van der Waals surface area contributed by atoms with E-state index in [4.69, 9.17) is 27.9 Å². The lowest BCUT2D eigenvalue weighted by Gasteiger charge is -2.05. The van der Waals surface area contributed by atoms with Crippen LogP contribution in [0.25, 0.3) is 10.4 Å². The summed E-state index contributed by atoms with van der Waals surface area (Å²) in [6.07, 6.45) is 1.90. The van der Waals surface area contributed by atoms with Gasteiger partial charge in [0.05, 0.1) is 12.0 Å². The van der Waals surface area contributed by atoms with Gasteiger partial charge in [-0.2, -0.15) is 0 Å². The summed E-state index contributed by atoms with van der Waals surface area (Å²) in [4.78, 5) is 5.61. The molecule has 0 aliphatic rings. The molecule has 0 aliphatic heterocycles. The molecule has 0 bridgehead atoms. The summed E-state index contributed by atoms with van der Waals surface area (Å²) < 4.78 is 5.18. The van der Waals surface area contributed by atoms with Crippen LogP contribution in [0.4, 0.5) is 0 Å². The number of thiazole rings is 1. The second kappa shape index (κ2) is 7.99. The number of rotatable bonds is 6. The van der Waals surface area contributed by atoms with Crippen LogP contribution in [0, 0.1) is 0 Å². The first-order valence-electron chi connectivity index (χ1n) is 7.39. The van der Waals surface area contributed by atoms with E-state index in [1.807, 2.05) is 42.6 Å². The molecule has 0 atom stereocenters. The Hall–Kier alpha value is -1.59. The van der Waals surface area contributed by atoms with Crippen LogP contribution in [0.5, 0.6) is 5.75 Å². The van der Waals surface area contributed by atoms with E-state index in [9.17, 15) is 0 Å². The van der Waals surface area contributed by atoms with Gasteiger partial charge in [0, 0.05) is 29.3 Å². The second-order valence-electron chi connectivity index (χ2n) is 5.19. The SMILES string of the molecule is COc1ccc(-c2cnc(CNCc3ccc(Cl)cc3Cl)s2)cc1. The van der Waals surface area contributed by atoms with E-state index < -0.39 is 0 Å². The third kappa shape index (κ3) is 4.28. The quantitative estimate of drug-likeness (QED) is 0.621. The number of aromatic nitrogens is 1. The first-order valence-corrected chi connectivity index (χ1v) is 8.97. The molecule has 3 nitrogen and oxygen atoms in total. The van der Waals surface area contributed by atoms with E-state index in [1.165, 1.54) is 0 Å². The van der Waals surface area contributed by atoms with Gasteiger partial charge in [0.1, 0.15) is 10.8 Å². The third-order valence-electron chi connectivity index (χ3n) is 3.53. The molecule has 0 saturated heterocycles. The van der Waals surface area contributed by atoms with E-state index in [1.54, 1.807) is 24.5 Å². The van der Waals surface area contributed by atoms with Crippen molar-refractivity contribution in [3.8, 4) is 16.2 Å². The van der Waals surface area contributed by atoms with E-state index in [-0.39, 0.29) is 0 Å². The number of halogens is 2. The van der Waals surface area contributed by atoms with E-state index in [0.717, 1.165) is 26.8 Å². The van der Waals surface area contributed by atoms with Crippen LogP contribution in [0.15, 0.2) is 48.7 Å². The molecular formula is C18H16Cl2N2OS. The minimum atomic E-state index is 0.646. The molecule has 6 heteroatoms. The normalized spacial score (nSPS) is 10.8. The monoisotopic (exact) mass is 378 g/mol. The number of benzene rings is 2. The molecule has 0 fully saturated rings. The molecule has 24 heavy (non-hydrogen) atoms. The van der Waals surface area contributed by atoms with Gasteiger partial charge in [-0.1, -0.05) is 29.3 Å². The molecule has 1 N–H and O–H groups in total. The number of hydrogen-bond donors (Lipinski definition) is 1. The highest BCUT2D eigenvalue weighted by Crippen LogP contribution is 2.28. The molecule has 0 spiro atoms. The Labute approximate surface area is 155 Å². The fourth-order valence-corrected chi connectivity index (χ4v) is 3.62. The molecule has 3 aromatic rings. The maximum atomic E-state index is 6.17. The maximum Gasteiger partial charge on any atom is 0.118 e. The van der Waals surface area contributed by atoms with Crippen LogP contribution >= 0.6 is 34.5 Å². The van der Waals surface area contributed by atoms with Gasteiger partial charge in [0.25, 0.3) is 0 Å². The Morgan fingerprint density at radius 1 is 1.08 bits per heavy atom. The van der Waals surface area contributed by atoms with Gasteiger partial charge in [-0.05, 0) is 47.5 Å². The van der Waals surface area contributed by atoms with Gasteiger partial charge >= 0.3 is 0 Å². The van der Waals surface area contributed by atoms with Crippen molar-refractivity contribution in [3.05, 3.63) is 69.3 Å². The summed E-state index contributed by atoms with van der Waals surface area (Å²) in [6.45, 7) is 1.37. The van der Waals surface area contributed by atoms with Crippen molar-refractivity contribution in [1.82, 2.24) is 10.3 Å². The lowest BCUT2D eigenvalue weighted by atomic mass is 10.2. The largest absolute Gasteiger partial charge is 0.497 e. The van der Waals surface area contributed by atoms with Gasteiger partial charge in [-0.25, -0.2) is 4.98 Å². The van der Waals surface area contributed by atoms with E-state index in [0.29, 0.717) is 23.1 Å². The average molecular weight is 379 g/mol. The summed E-state index contributed by atoms with van der Waals surface area (Å²) in [7, 11) is 1.67. The summed E-state index contributed by atoms with van der Waals surface area (Å²) in [6, 6.07) is 13.5. The number of hydrogen-bond acceptors (Lipinski definition) is 4. The molecule has 0 radical (unpaired) electrons. The van der Waals surface area contributed by atoms with Gasteiger partial charge < -0.3 is 10.1 Å². The molecule has 1 heterocycles. The fraction of sp³-hybridized carbons (Fsp3) is 0.167. The Balaban J connectivity index is 1.59.